The van der Waals surface area contributed by atoms with Crippen LogP contribution >= 0.6 is 0 Å². The van der Waals surface area contributed by atoms with E-state index in [1.807, 2.05) is 10.7 Å². The average molecular weight is 419 g/mol. The first kappa shape index (κ1) is 20.1. The normalized spacial score (nSPS) is 19.4. The van der Waals surface area contributed by atoms with Crippen LogP contribution in [0.2, 0.25) is 0 Å². The Bertz CT molecular complexity index is 930. The van der Waals surface area contributed by atoms with Gasteiger partial charge in [0.25, 0.3) is 5.91 Å². The Kier molecular flexibility index (Phi) is 5.98. The van der Waals surface area contributed by atoms with Gasteiger partial charge in [0.2, 0.25) is 10.0 Å². The number of hydrogen-bond donors (Lipinski definition) is 2. The van der Waals surface area contributed by atoms with Crippen LogP contribution in [0.4, 0.5) is 5.82 Å². The van der Waals surface area contributed by atoms with Crippen molar-refractivity contribution in [1.82, 2.24) is 14.1 Å². The summed E-state index contributed by atoms with van der Waals surface area (Å²) in [5.41, 5.74) is 0. The molecule has 1 saturated heterocycles. The van der Waals surface area contributed by atoms with Gasteiger partial charge >= 0.3 is 0 Å². The van der Waals surface area contributed by atoms with Crippen molar-refractivity contribution in [3.8, 4) is 0 Å². The maximum absolute atomic E-state index is 12.7. The van der Waals surface area contributed by atoms with Gasteiger partial charge in [-0.15, -0.1) is 0 Å². The van der Waals surface area contributed by atoms with Crippen molar-refractivity contribution in [2.75, 3.05) is 38.0 Å². The lowest BCUT2D eigenvalue weighted by molar-refractivity contribution is -0.895. The first-order chi connectivity index (χ1) is 14.0. The third-order valence-electron chi connectivity index (χ3n) is 5.83. The van der Waals surface area contributed by atoms with Gasteiger partial charge in [-0.2, -0.15) is 9.40 Å². The number of piperazine rings is 1. The minimum absolute atomic E-state index is 0.0564. The summed E-state index contributed by atoms with van der Waals surface area (Å²) in [6.07, 6.45) is 6.35. The lowest BCUT2D eigenvalue weighted by Crippen LogP contribution is -3.15. The molecule has 2 heterocycles. The highest BCUT2D eigenvalue weighted by Crippen LogP contribution is 2.31. The molecule has 2 fully saturated rings. The van der Waals surface area contributed by atoms with Gasteiger partial charge < -0.3 is 10.2 Å². The van der Waals surface area contributed by atoms with Crippen LogP contribution in [0.5, 0.6) is 0 Å². The molecule has 9 heteroatoms. The smallest absolute Gasteiger partial charge is 0.280 e. The number of carbonyl (C=O) groups excluding carboxylic acids is 1. The van der Waals surface area contributed by atoms with Crippen molar-refractivity contribution in [2.45, 2.75) is 36.6 Å². The van der Waals surface area contributed by atoms with E-state index in [0.29, 0.717) is 43.7 Å². The van der Waals surface area contributed by atoms with E-state index in [0.717, 1.165) is 23.6 Å². The third kappa shape index (κ3) is 4.52. The van der Waals surface area contributed by atoms with E-state index in [-0.39, 0.29) is 5.91 Å². The van der Waals surface area contributed by atoms with Crippen molar-refractivity contribution >= 4 is 21.7 Å². The van der Waals surface area contributed by atoms with E-state index in [1.54, 1.807) is 36.5 Å². The standard InChI is InChI=1S/C20H27N5O3S/c26-20(22-19-10-11-21-25(19)17-6-4-5-7-17)16-23-12-14-24(15-13-23)29(27,28)18-8-2-1-3-9-18/h1-3,8-11,17H,4-7,12-16H2,(H,22,26)/p+1. The quantitative estimate of drug-likeness (QED) is 0.716. The maximum atomic E-state index is 12.7. The molecule has 156 valence electrons. The second-order valence-corrected chi connectivity index (χ2v) is 9.73. The zero-order chi connectivity index (χ0) is 20.3. The van der Waals surface area contributed by atoms with E-state index >= 15 is 0 Å². The highest BCUT2D eigenvalue weighted by molar-refractivity contribution is 7.89. The summed E-state index contributed by atoms with van der Waals surface area (Å²) in [6.45, 7) is 2.39. The number of anilines is 1. The van der Waals surface area contributed by atoms with Gasteiger partial charge in [-0.1, -0.05) is 31.0 Å². The fourth-order valence-corrected chi connectivity index (χ4v) is 5.69. The highest BCUT2D eigenvalue weighted by atomic mass is 32.2. The molecule has 1 aromatic carbocycles. The van der Waals surface area contributed by atoms with Gasteiger partial charge in [0.1, 0.15) is 5.82 Å². The third-order valence-corrected chi connectivity index (χ3v) is 7.74. The van der Waals surface area contributed by atoms with Gasteiger partial charge in [0, 0.05) is 6.07 Å². The molecule has 8 nitrogen and oxygen atoms in total. The molecule has 29 heavy (non-hydrogen) atoms. The van der Waals surface area contributed by atoms with Crippen molar-refractivity contribution in [1.29, 1.82) is 0 Å². The van der Waals surface area contributed by atoms with Crippen LogP contribution in [0.3, 0.4) is 0 Å². The molecule has 0 atom stereocenters. The van der Waals surface area contributed by atoms with Crippen LogP contribution in [0.15, 0.2) is 47.5 Å². The first-order valence-electron chi connectivity index (χ1n) is 10.3. The Morgan fingerprint density at radius 3 is 2.48 bits per heavy atom. The number of rotatable bonds is 6. The summed E-state index contributed by atoms with van der Waals surface area (Å²) in [6, 6.07) is 10.7. The zero-order valence-corrected chi connectivity index (χ0v) is 17.3. The fourth-order valence-electron chi connectivity index (χ4n) is 4.23. The molecule has 0 unspecified atom stereocenters. The second kappa shape index (κ2) is 8.64. The number of nitrogens with one attached hydrogen (secondary N) is 2. The Labute approximate surface area is 171 Å². The number of sulfonamides is 1. The molecule has 2 aliphatic rings. The molecule has 1 aliphatic heterocycles. The monoisotopic (exact) mass is 418 g/mol. The van der Waals surface area contributed by atoms with Gasteiger partial charge in [0.05, 0.1) is 43.3 Å². The Balaban J connectivity index is 1.30. The summed E-state index contributed by atoms with van der Waals surface area (Å²) < 4.78 is 28.9. The van der Waals surface area contributed by atoms with Crippen molar-refractivity contribution < 1.29 is 18.1 Å². The van der Waals surface area contributed by atoms with Crippen LogP contribution in [0.1, 0.15) is 31.7 Å². The molecule has 2 aromatic rings. The van der Waals surface area contributed by atoms with Gasteiger partial charge in [-0.3, -0.25) is 4.79 Å². The summed E-state index contributed by atoms with van der Waals surface area (Å²) in [4.78, 5) is 14.0. The molecule has 1 saturated carbocycles. The molecule has 1 aliphatic carbocycles. The topological polar surface area (TPSA) is 88.7 Å². The SMILES string of the molecule is O=C(C[NH+]1CCN(S(=O)(=O)c2ccccc2)CC1)Nc1ccnn1C1CCCC1. The second-order valence-electron chi connectivity index (χ2n) is 7.79. The number of carbonyl (C=O) groups is 1. The lowest BCUT2D eigenvalue weighted by atomic mass is 10.2. The van der Waals surface area contributed by atoms with Crippen molar-refractivity contribution in [3.63, 3.8) is 0 Å². The number of amides is 1. The van der Waals surface area contributed by atoms with Gasteiger partial charge in [-0.25, -0.2) is 13.1 Å². The van der Waals surface area contributed by atoms with Crippen molar-refractivity contribution in [3.05, 3.63) is 42.6 Å². The summed E-state index contributed by atoms with van der Waals surface area (Å²) in [7, 11) is -3.46. The summed E-state index contributed by atoms with van der Waals surface area (Å²) in [5, 5.41) is 7.38. The number of aromatic nitrogens is 2. The Hall–Kier alpha value is -2.23. The average Bonchev–Trinajstić information content (AvgIpc) is 3.41. The van der Waals surface area contributed by atoms with Crippen molar-refractivity contribution in [2.24, 2.45) is 0 Å². The Morgan fingerprint density at radius 2 is 1.79 bits per heavy atom. The van der Waals surface area contributed by atoms with E-state index < -0.39 is 10.0 Å². The minimum atomic E-state index is -3.46. The summed E-state index contributed by atoms with van der Waals surface area (Å²) in [5.74, 6) is 0.700. The molecular weight excluding hydrogens is 390 g/mol. The molecule has 0 spiro atoms. The molecular formula is C20H28N5O3S+. The number of hydrogen-bond acceptors (Lipinski definition) is 4. The number of quaternary nitrogens is 1. The van der Waals surface area contributed by atoms with Crippen LogP contribution in [0, 0.1) is 0 Å². The molecule has 1 aromatic heterocycles. The maximum Gasteiger partial charge on any atom is 0.280 e. The predicted octanol–water partition coefficient (Wildman–Crippen LogP) is 0.526. The predicted molar refractivity (Wildman–Crippen MR) is 109 cm³/mol. The van der Waals surface area contributed by atoms with E-state index in [9.17, 15) is 13.2 Å². The largest absolute Gasteiger partial charge is 0.325 e. The van der Waals surface area contributed by atoms with Crippen LogP contribution in [-0.4, -0.2) is 61.1 Å². The van der Waals surface area contributed by atoms with Crippen LogP contribution in [-0.2, 0) is 14.8 Å². The molecule has 4 rings (SSSR count). The lowest BCUT2D eigenvalue weighted by Gasteiger charge is -2.31. The van der Waals surface area contributed by atoms with E-state index in [2.05, 4.69) is 10.4 Å². The Morgan fingerprint density at radius 1 is 1.10 bits per heavy atom. The van der Waals surface area contributed by atoms with E-state index in [4.69, 9.17) is 0 Å². The van der Waals surface area contributed by atoms with Crippen LogP contribution in [0.25, 0.3) is 0 Å². The zero-order valence-electron chi connectivity index (χ0n) is 16.5. The molecule has 0 radical (unpaired) electrons. The highest BCUT2D eigenvalue weighted by Gasteiger charge is 2.31. The van der Waals surface area contributed by atoms with E-state index in [1.165, 1.54) is 17.1 Å². The van der Waals surface area contributed by atoms with Gasteiger partial charge in [-0.05, 0) is 25.0 Å². The fraction of sp³-hybridized carbons (Fsp3) is 0.500. The first-order valence-corrected chi connectivity index (χ1v) is 11.7. The van der Waals surface area contributed by atoms with Crippen LogP contribution < -0.4 is 10.2 Å². The molecule has 0 bridgehead atoms. The number of benzene rings is 1. The summed E-state index contributed by atoms with van der Waals surface area (Å²) >= 11 is 0. The number of nitrogens with zero attached hydrogens (tertiary/aromatic N) is 3. The minimum Gasteiger partial charge on any atom is -0.325 e. The molecule has 2 N–H and O–H groups in total. The molecule has 1 amide bonds. The van der Waals surface area contributed by atoms with Gasteiger partial charge in [0.15, 0.2) is 6.54 Å².